The average Bonchev–Trinajstić information content (AvgIpc) is 2.95. The van der Waals surface area contributed by atoms with E-state index < -0.39 is 36.8 Å². The quantitative estimate of drug-likeness (QED) is 0.426. The van der Waals surface area contributed by atoms with E-state index in [0.717, 1.165) is 17.7 Å². The molecule has 0 saturated heterocycles. The number of esters is 1. The minimum atomic E-state index is -0.811. The number of nitrogens with zero attached hydrogens (tertiary/aromatic N) is 1. The lowest BCUT2D eigenvalue weighted by Gasteiger charge is -2.13. The number of aryl methyl sites for hydroxylation is 1. The van der Waals surface area contributed by atoms with Crippen LogP contribution < -0.4 is 5.32 Å². The highest BCUT2D eigenvalue weighted by Crippen LogP contribution is 2.22. The van der Waals surface area contributed by atoms with Gasteiger partial charge in [-0.1, -0.05) is 42.5 Å². The minimum Gasteiger partial charge on any atom is -0.454 e. The Labute approximate surface area is 162 Å². The van der Waals surface area contributed by atoms with Crippen molar-refractivity contribution in [1.29, 1.82) is 0 Å². The third kappa shape index (κ3) is 4.62. The van der Waals surface area contributed by atoms with Crippen molar-refractivity contribution < 1.29 is 23.9 Å². The number of ether oxygens (including phenoxy) is 1. The van der Waals surface area contributed by atoms with E-state index in [9.17, 15) is 19.2 Å². The molecule has 7 heteroatoms. The maximum atomic E-state index is 12.2. The lowest BCUT2D eigenvalue weighted by Crippen LogP contribution is -2.37. The van der Waals surface area contributed by atoms with Crippen molar-refractivity contribution in [2.45, 2.75) is 12.8 Å². The number of rotatable bonds is 8. The fourth-order valence-electron chi connectivity index (χ4n) is 2.92. The molecule has 0 aromatic heterocycles. The standard InChI is InChI=1S/C21H20N2O5/c24-18(22-12-6-9-15-7-2-1-3-8-15)14-28-19(25)13-23-20(26)16-10-4-5-11-17(16)21(23)27/h1-5,7-8,10-11H,6,9,12-14H2,(H,22,24). The van der Waals surface area contributed by atoms with Gasteiger partial charge in [-0.2, -0.15) is 0 Å². The Morgan fingerprint density at radius 3 is 2.14 bits per heavy atom. The molecule has 0 saturated carbocycles. The van der Waals surface area contributed by atoms with Gasteiger partial charge in [0.2, 0.25) is 0 Å². The van der Waals surface area contributed by atoms with Gasteiger partial charge in [0.25, 0.3) is 17.7 Å². The van der Waals surface area contributed by atoms with Gasteiger partial charge in [-0.05, 0) is 30.5 Å². The molecular weight excluding hydrogens is 360 g/mol. The first-order valence-electron chi connectivity index (χ1n) is 8.97. The van der Waals surface area contributed by atoms with Gasteiger partial charge in [0.05, 0.1) is 11.1 Å². The third-order valence-electron chi connectivity index (χ3n) is 4.34. The Hall–Kier alpha value is -3.48. The summed E-state index contributed by atoms with van der Waals surface area (Å²) in [4.78, 5) is 48.9. The zero-order chi connectivity index (χ0) is 19.9. The van der Waals surface area contributed by atoms with E-state index in [2.05, 4.69) is 5.32 Å². The van der Waals surface area contributed by atoms with Crippen LogP contribution in [0.15, 0.2) is 54.6 Å². The summed E-state index contributed by atoms with van der Waals surface area (Å²) in [6.45, 7) is -0.509. The lowest BCUT2D eigenvalue weighted by molar-refractivity contribution is -0.148. The van der Waals surface area contributed by atoms with Gasteiger partial charge in [-0.25, -0.2) is 0 Å². The monoisotopic (exact) mass is 380 g/mol. The predicted molar refractivity (Wildman–Crippen MR) is 101 cm³/mol. The summed E-state index contributed by atoms with van der Waals surface area (Å²) in [7, 11) is 0. The number of fused-ring (bicyclic) bond motifs is 1. The molecule has 2 aromatic carbocycles. The van der Waals surface area contributed by atoms with Gasteiger partial charge in [0.1, 0.15) is 6.54 Å². The molecule has 144 valence electrons. The Balaban J connectivity index is 1.37. The number of benzene rings is 2. The topological polar surface area (TPSA) is 92.8 Å². The fraction of sp³-hybridized carbons (Fsp3) is 0.238. The van der Waals surface area contributed by atoms with Crippen LogP contribution in [-0.4, -0.2) is 48.3 Å². The maximum absolute atomic E-state index is 12.2. The molecule has 1 aliphatic rings. The Morgan fingerprint density at radius 1 is 0.893 bits per heavy atom. The van der Waals surface area contributed by atoms with Gasteiger partial charge in [0, 0.05) is 6.54 Å². The summed E-state index contributed by atoms with van der Waals surface area (Å²) >= 11 is 0. The molecule has 3 rings (SSSR count). The molecule has 0 bridgehead atoms. The normalized spacial score (nSPS) is 12.6. The number of amides is 3. The van der Waals surface area contributed by atoms with Crippen LogP contribution in [0.5, 0.6) is 0 Å². The summed E-state index contributed by atoms with van der Waals surface area (Å²) in [6.07, 6.45) is 1.60. The lowest BCUT2D eigenvalue weighted by atomic mass is 10.1. The molecule has 28 heavy (non-hydrogen) atoms. The van der Waals surface area contributed by atoms with Crippen LogP contribution in [0.2, 0.25) is 0 Å². The van der Waals surface area contributed by atoms with Gasteiger partial charge in [-0.3, -0.25) is 24.1 Å². The van der Waals surface area contributed by atoms with E-state index >= 15 is 0 Å². The van der Waals surface area contributed by atoms with Crippen molar-refractivity contribution in [2.24, 2.45) is 0 Å². The summed E-state index contributed by atoms with van der Waals surface area (Å²) in [5, 5.41) is 2.67. The summed E-state index contributed by atoms with van der Waals surface area (Å²) in [6, 6.07) is 16.3. The molecule has 1 N–H and O–H groups in total. The highest BCUT2D eigenvalue weighted by Gasteiger charge is 2.36. The van der Waals surface area contributed by atoms with Crippen LogP contribution in [0.1, 0.15) is 32.7 Å². The molecule has 0 aliphatic carbocycles. The SMILES string of the molecule is O=C(COC(=O)CN1C(=O)c2ccccc2C1=O)NCCCc1ccccc1. The number of carbonyl (C=O) groups excluding carboxylic acids is 4. The largest absolute Gasteiger partial charge is 0.454 e. The third-order valence-corrected chi connectivity index (χ3v) is 4.34. The molecule has 3 amide bonds. The minimum absolute atomic E-state index is 0.261. The van der Waals surface area contributed by atoms with E-state index in [-0.39, 0.29) is 11.1 Å². The van der Waals surface area contributed by atoms with Gasteiger partial charge < -0.3 is 10.1 Å². The maximum Gasteiger partial charge on any atom is 0.326 e. The molecule has 0 radical (unpaired) electrons. The van der Waals surface area contributed by atoms with Gasteiger partial charge in [0.15, 0.2) is 6.61 Å². The van der Waals surface area contributed by atoms with Crippen LogP contribution in [-0.2, 0) is 20.7 Å². The Bertz CT molecular complexity index is 860. The second-order valence-electron chi connectivity index (χ2n) is 6.34. The van der Waals surface area contributed by atoms with Crippen molar-refractivity contribution >= 4 is 23.7 Å². The van der Waals surface area contributed by atoms with E-state index in [1.807, 2.05) is 30.3 Å². The molecule has 7 nitrogen and oxygen atoms in total. The molecular formula is C21H20N2O5. The zero-order valence-electron chi connectivity index (χ0n) is 15.2. The number of carbonyl (C=O) groups is 4. The van der Waals surface area contributed by atoms with Crippen molar-refractivity contribution in [3.63, 3.8) is 0 Å². The van der Waals surface area contributed by atoms with Crippen LogP contribution in [0, 0.1) is 0 Å². The molecule has 0 unspecified atom stereocenters. The molecule has 2 aromatic rings. The van der Waals surface area contributed by atoms with Gasteiger partial charge in [-0.15, -0.1) is 0 Å². The second-order valence-corrected chi connectivity index (χ2v) is 6.34. The second kappa shape index (κ2) is 8.94. The van der Waals surface area contributed by atoms with Crippen LogP contribution in [0.3, 0.4) is 0 Å². The van der Waals surface area contributed by atoms with Crippen LogP contribution >= 0.6 is 0 Å². The predicted octanol–water partition coefficient (Wildman–Crippen LogP) is 1.57. The van der Waals surface area contributed by atoms with Crippen molar-refractivity contribution in [3.8, 4) is 0 Å². The van der Waals surface area contributed by atoms with Crippen molar-refractivity contribution in [1.82, 2.24) is 10.2 Å². The highest BCUT2D eigenvalue weighted by atomic mass is 16.5. The summed E-state index contributed by atoms with van der Waals surface area (Å²) < 4.78 is 4.88. The van der Waals surface area contributed by atoms with Crippen LogP contribution in [0.4, 0.5) is 0 Å². The fourth-order valence-corrected chi connectivity index (χ4v) is 2.92. The molecule has 0 spiro atoms. The highest BCUT2D eigenvalue weighted by molar-refractivity contribution is 6.22. The van der Waals surface area contributed by atoms with Crippen molar-refractivity contribution in [2.75, 3.05) is 19.7 Å². The number of nitrogens with one attached hydrogen (secondary N) is 1. The Morgan fingerprint density at radius 2 is 1.50 bits per heavy atom. The van der Waals surface area contributed by atoms with E-state index in [1.165, 1.54) is 17.7 Å². The van der Waals surface area contributed by atoms with Crippen LogP contribution in [0.25, 0.3) is 0 Å². The molecule has 1 aliphatic heterocycles. The first-order chi connectivity index (χ1) is 13.6. The van der Waals surface area contributed by atoms with E-state index in [1.54, 1.807) is 12.1 Å². The van der Waals surface area contributed by atoms with E-state index in [0.29, 0.717) is 6.54 Å². The summed E-state index contributed by atoms with van der Waals surface area (Å²) in [5.74, 6) is -2.32. The first-order valence-corrected chi connectivity index (χ1v) is 8.97. The summed E-state index contributed by atoms with van der Waals surface area (Å²) in [5.41, 5.74) is 1.71. The molecule has 1 heterocycles. The molecule has 0 fully saturated rings. The zero-order valence-corrected chi connectivity index (χ0v) is 15.2. The molecule has 0 atom stereocenters. The number of hydrogen-bond acceptors (Lipinski definition) is 5. The Kier molecular flexibility index (Phi) is 6.16. The van der Waals surface area contributed by atoms with E-state index in [4.69, 9.17) is 4.74 Å². The van der Waals surface area contributed by atoms with Gasteiger partial charge >= 0.3 is 5.97 Å². The van der Waals surface area contributed by atoms with Crippen molar-refractivity contribution in [3.05, 3.63) is 71.3 Å². The average molecular weight is 380 g/mol. The number of imide groups is 1. The first kappa shape index (κ1) is 19.3. The smallest absolute Gasteiger partial charge is 0.326 e. The number of hydrogen-bond donors (Lipinski definition) is 1.